The molecule has 1 saturated heterocycles. The minimum atomic E-state index is -0.976. The third-order valence-electron chi connectivity index (χ3n) is 3.45. The van der Waals surface area contributed by atoms with E-state index in [1.165, 1.54) is 6.20 Å². The summed E-state index contributed by atoms with van der Waals surface area (Å²) in [6.45, 7) is 2.47. The highest BCUT2D eigenvalue weighted by Crippen LogP contribution is 2.38. The Balaban J connectivity index is 2.43. The van der Waals surface area contributed by atoms with Gasteiger partial charge in [-0.1, -0.05) is 18.5 Å². The highest BCUT2D eigenvalue weighted by molar-refractivity contribution is 6.29. The summed E-state index contributed by atoms with van der Waals surface area (Å²) in [6, 6.07) is -0.539. The predicted molar refractivity (Wildman–Crippen MR) is 68.7 cm³/mol. The van der Waals surface area contributed by atoms with Crippen molar-refractivity contribution in [1.29, 1.82) is 0 Å². The van der Waals surface area contributed by atoms with Gasteiger partial charge in [0, 0.05) is 20.0 Å². The minimum absolute atomic E-state index is 0.0183. The second kappa shape index (κ2) is 5.21. The molecule has 0 aromatic carbocycles. The number of nitrogens with zero attached hydrogens (tertiary/aromatic N) is 3. The maximum absolute atomic E-state index is 12.0. The molecule has 1 aromatic heterocycles. The van der Waals surface area contributed by atoms with Crippen LogP contribution in [0.25, 0.3) is 0 Å². The second-order valence-corrected chi connectivity index (χ2v) is 5.07. The Hall–Kier alpha value is -1.56. The fourth-order valence-electron chi connectivity index (χ4n) is 2.51. The molecule has 104 valence electrons. The molecule has 0 spiro atoms. The molecule has 2 atom stereocenters. The van der Waals surface area contributed by atoms with E-state index in [2.05, 4.69) is 4.98 Å². The first-order chi connectivity index (χ1) is 8.97. The van der Waals surface area contributed by atoms with E-state index >= 15 is 0 Å². The molecule has 19 heavy (non-hydrogen) atoms. The van der Waals surface area contributed by atoms with Crippen LogP contribution in [0, 0.1) is 5.92 Å². The van der Waals surface area contributed by atoms with Gasteiger partial charge in [-0.25, -0.2) is 4.98 Å². The van der Waals surface area contributed by atoms with Crippen molar-refractivity contribution < 1.29 is 14.7 Å². The SMILES string of the molecule is CCCN1C(=O)CC(C(=O)O)C1c1ncc(Cl)n1C. The minimum Gasteiger partial charge on any atom is -0.481 e. The van der Waals surface area contributed by atoms with Crippen molar-refractivity contribution in [3.05, 3.63) is 17.2 Å². The van der Waals surface area contributed by atoms with Gasteiger partial charge in [0.25, 0.3) is 0 Å². The zero-order chi connectivity index (χ0) is 14.2. The molecule has 1 amide bonds. The number of likely N-dealkylation sites (tertiary alicyclic amines) is 1. The summed E-state index contributed by atoms with van der Waals surface area (Å²) in [7, 11) is 1.72. The van der Waals surface area contributed by atoms with Crippen LogP contribution in [-0.2, 0) is 16.6 Å². The van der Waals surface area contributed by atoms with Gasteiger partial charge in [-0.15, -0.1) is 0 Å². The van der Waals surface area contributed by atoms with Gasteiger partial charge in [-0.3, -0.25) is 9.59 Å². The summed E-state index contributed by atoms with van der Waals surface area (Å²) < 4.78 is 1.63. The van der Waals surface area contributed by atoms with Crippen LogP contribution in [0.5, 0.6) is 0 Å². The van der Waals surface area contributed by atoms with E-state index in [0.29, 0.717) is 17.5 Å². The van der Waals surface area contributed by atoms with Crippen molar-refractivity contribution in [1.82, 2.24) is 14.5 Å². The predicted octanol–water partition coefficient (Wildman–Crippen LogP) is 1.46. The summed E-state index contributed by atoms with van der Waals surface area (Å²) in [4.78, 5) is 29.1. The Kier molecular flexibility index (Phi) is 3.80. The fourth-order valence-corrected chi connectivity index (χ4v) is 2.65. The van der Waals surface area contributed by atoms with Crippen molar-refractivity contribution in [3.8, 4) is 0 Å². The van der Waals surface area contributed by atoms with Gasteiger partial charge in [0.1, 0.15) is 17.0 Å². The third kappa shape index (κ3) is 2.32. The average molecular weight is 286 g/mol. The number of carboxylic acid groups (broad SMARTS) is 1. The third-order valence-corrected chi connectivity index (χ3v) is 3.80. The topological polar surface area (TPSA) is 75.4 Å². The molecule has 0 radical (unpaired) electrons. The Labute approximate surface area is 116 Å². The van der Waals surface area contributed by atoms with E-state index in [0.717, 1.165) is 6.42 Å². The van der Waals surface area contributed by atoms with Gasteiger partial charge in [-0.05, 0) is 6.42 Å². The summed E-state index contributed by atoms with van der Waals surface area (Å²) >= 11 is 5.95. The van der Waals surface area contributed by atoms with E-state index in [1.807, 2.05) is 6.92 Å². The van der Waals surface area contributed by atoms with Crippen LogP contribution in [0.3, 0.4) is 0 Å². The van der Waals surface area contributed by atoms with Crippen LogP contribution in [0.4, 0.5) is 0 Å². The number of hydrogen-bond donors (Lipinski definition) is 1. The number of hydrogen-bond acceptors (Lipinski definition) is 3. The van der Waals surface area contributed by atoms with Crippen LogP contribution in [0.1, 0.15) is 31.6 Å². The van der Waals surface area contributed by atoms with E-state index < -0.39 is 17.9 Å². The molecule has 0 bridgehead atoms. The summed E-state index contributed by atoms with van der Waals surface area (Å²) in [5.41, 5.74) is 0. The lowest BCUT2D eigenvalue weighted by atomic mass is 10.00. The molecule has 1 aromatic rings. The number of rotatable bonds is 4. The lowest BCUT2D eigenvalue weighted by molar-refractivity contribution is -0.142. The van der Waals surface area contributed by atoms with E-state index in [9.17, 15) is 14.7 Å². The van der Waals surface area contributed by atoms with Crippen LogP contribution in [0.15, 0.2) is 6.20 Å². The average Bonchev–Trinajstić information content (AvgIpc) is 2.84. The summed E-state index contributed by atoms with van der Waals surface area (Å²) in [6.07, 6.45) is 2.26. The lowest BCUT2D eigenvalue weighted by Gasteiger charge is -2.26. The molecule has 1 N–H and O–H groups in total. The van der Waals surface area contributed by atoms with Crippen molar-refractivity contribution in [2.75, 3.05) is 6.54 Å². The zero-order valence-corrected chi connectivity index (χ0v) is 11.6. The number of amides is 1. The van der Waals surface area contributed by atoms with Gasteiger partial charge < -0.3 is 14.6 Å². The monoisotopic (exact) mass is 285 g/mol. The number of carbonyl (C=O) groups excluding carboxylic acids is 1. The van der Waals surface area contributed by atoms with Gasteiger partial charge in [0.15, 0.2) is 0 Å². The number of carbonyl (C=O) groups is 2. The molecule has 2 heterocycles. The maximum atomic E-state index is 12.0. The number of aromatic nitrogens is 2. The molecular weight excluding hydrogens is 270 g/mol. The molecule has 0 aliphatic carbocycles. The number of imidazole rings is 1. The fraction of sp³-hybridized carbons (Fsp3) is 0.583. The number of halogens is 1. The largest absolute Gasteiger partial charge is 0.481 e. The Bertz CT molecular complexity index is 514. The van der Waals surface area contributed by atoms with Crippen LogP contribution in [0.2, 0.25) is 5.15 Å². The summed E-state index contributed by atoms with van der Waals surface area (Å²) in [5.74, 6) is -1.36. The molecular formula is C12H16ClN3O3. The molecule has 6 nitrogen and oxygen atoms in total. The van der Waals surface area contributed by atoms with E-state index in [-0.39, 0.29) is 12.3 Å². The van der Waals surface area contributed by atoms with E-state index in [4.69, 9.17) is 11.6 Å². The van der Waals surface area contributed by atoms with Gasteiger partial charge in [0.2, 0.25) is 5.91 Å². The van der Waals surface area contributed by atoms with Crippen molar-refractivity contribution in [2.45, 2.75) is 25.8 Å². The molecule has 1 aliphatic rings. The molecule has 2 unspecified atom stereocenters. The Morgan fingerprint density at radius 3 is 2.79 bits per heavy atom. The van der Waals surface area contributed by atoms with Crippen LogP contribution < -0.4 is 0 Å². The highest BCUT2D eigenvalue weighted by atomic mass is 35.5. The molecule has 0 saturated carbocycles. The Morgan fingerprint density at radius 2 is 2.32 bits per heavy atom. The smallest absolute Gasteiger partial charge is 0.309 e. The van der Waals surface area contributed by atoms with Gasteiger partial charge in [0.05, 0.1) is 12.1 Å². The highest BCUT2D eigenvalue weighted by Gasteiger charge is 2.46. The van der Waals surface area contributed by atoms with Crippen molar-refractivity contribution in [2.24, 2.45) is 13.0 Å². The Morgan fingerprint density at radius 1 is 1.63 bits per heavy atom. The molecule has 7 heteroatoms. The molecule has 2 rings (SSSR count). The first-order valence-electron chi connectivity index (χ1n) is 6.16. The molecule has 1 aliphatic heterocycles. The standard InChI is InChI=1S/C12H16ClN3O3/c1-3-4-16-9(17)5-7(12(18)19)10(16)11-14-6-8(13)15(11)2/h6-7,10H,3-5H2,1-2H3,(H,18,19). The van der Waals surface area contributed by atoms with Crippen LogP contribution in [-0.4, -0.2) is 38.0 Å². The van der Waals surface area contributed by atoms with Crippen molar-refractivity contribution >= 4 is 23.5 Å². The van der Waals surface area contributed by atoms with Crippen LogP contribution >= 0.6 is 11.6 Å². The first-order valence-corrected chi connectivity index (χ1v) is 6.54. The number of carboxylic acids is 1. The summed E-state index contributed by atoms with van der Waals surface area (Å²) in [5, 5.41) is 9.72. The van der Waals surface area contributed by atoms with Gasteiger partial charge >= 0.3 is 5.97 Å². The first kappa shape index (κ1) is 13.9. The van der Waals surface area contributed by atoms with Gasteiger partial charge in [-0.2, -0.15) is 0 Å². The zero-order valence-electron chi connectivity index (χ0n) is 10.8. The quantitative estimate of drug-likeness (QED) is 0.909. The van der Waals surface area contributed by atoms with E-state index in [1.54, 1.807) is 16.5 Å². The maximum Gasteiger partial charge on any atom is 0.309 e. The molecule has 1 fully saturated rings. The lowest BCUT2D eigenvalue weighted by Crippen LogP contribution is -2.33. The number of aliphatic carboxylic acids is 1. The van der Waals surface area contributed by atoms with Crippen molar-refractivity contribution in [3.63, 3.8) is 0 Å². The normalized spacial score (nSPS) is 23.1. The second-order valence-electron chi connectivity index (χ2n) is 4.68.